The fraction of sp³-hybridized carbons (Fsp3) is 0.889. The third-order valence-electron chi connectivity index (χ3n) is 2.35. The lowest BCUT2D eigenvalue weighted by atomic mass is 9.86. The highest BCUT2D eigenvalue weighted by Crippen LogP contribution is 2.22. The third-order valence-corrected chi connectivity index (χ3v) is 2.35. The molecule has 11 heavy (non-hydrogen) atoms. The van der Waals surface area contributed by atoms with E-state index in [4.69, 9.17) is 4.74 Å². The van der Waals surface area contributed by atoms with Gasteiger partial charge in [0.2, 0.25) is 0 Å². The summed E-state index contributed by atoms with van der Waals surface area (Å²) in [6.07, 6.45) is 5.13. The topological polar surface area (TPSA) is 26.3 Å². The molecule has 0 aromatic heterocycles. The number of methoxy groups -OCH3 is 1. The fourth-order valence-corrected chi connectivity index (χ4v) is 1.62. The molecular weight excluding hydrogens is 140 g/mol. The van der Waals surface area contributed by atoms with E-state index in [9.17, 15) is 4.79 Å². The molecule has 1 atom stereocenters. The number of hydrogen-bond donors (Lipinski definition) is 0. The van der Waals surface area contributed by atoms with E-state index in [0.29, 0.717) is 11.7 Å². The molecule has 64 valence electrons. The van der Waals surface area contributed by atoms with Crippen molar-refractivity contribution in [2.75, 3.05) is 13.7 Å². The lowest BCUT2D eigenvalue weighted by molar-refractivity contribution is -0.125. The maximum absolute atomic E-state index is 11.2. The van der Waals surface area contributed by atoms with Crippen molar-refractivity contribution in [3.8, 4) is 0 Å². The van der Waals surface area contributed by atoms with E-state index in [2.05, 4.69) is 0 Å². The zero-order chi connectivity index (χ0) is 8.10. The maximum atomic E-state index is 11.2. The molecule has 0 bridgehead atoms. The molecule has 0 radical (unpaired) electrons. The zero-order valence-corrected chi connectivity index (χ0v) is 7.14. The molecule has 0 aromatic rings. The minimum Gasteiger partial charge on any atom is -0.385 e. The number of rotatable bonds is 3. The molecule has 1 rings (SSSR count). The summed E-state index contributed by atoms with van der Waals surface area (Å²) in [6, 6.07) is 0. The number of carbonyl (C=O) groups excluding carboxylic acids is 1. The van der Waals surface area contributed by atoms with Gasteiger partial charge in [0.1, 0.15) is 5.78 Å². The Morgan fingerprint density at radius 3 is 3.00 bits per heavy atom. The second-order valence-electron chi connectivity index (χ2n) is 3.19. The van der Waals surface area contributed by atoms with Crippen LogP contribution in [-0.4, -0.2) is 19.5 Å². The molecule has 0 saturated heterocycles. The van der Waals surface area contributed by atoms with Gasteiger partial charge in [-0.25, -0.2) is 0 Å². The van der Waals surface area contributed by atoms with Crippen molar-refractivity contribution in [1.29, 1.82) is 0 Å². The summed E-state index contributed by atoms with van der Waals surface area (Å²) in [6.45, 7) is 0.733. The van der Waals surface area contributed by atoms with Crippen LogP contribution in [0.3, 0.4) is 0 Å². The van der Waals surface area contributed by atoms with Crippen LogP contribution in [0.15, 0.2) is 0 Å². The Kier molecular flexibility index (Phi) is 3.57. The van der Waals surface area contributed by atoms with E-state index < -0.39 is 0 Å². The van der Waals surface area contributed by atoms with Crippen molar-refractivity contribution >= 4 is 5.78 Å². The van der Waals surface area contributed by atoms with Gasteiger partial charge in [0, 0.05) is 26.1 Å². The number of ether oxygens (including phenoxy) is 1. The molecule has 0 aliphatic heterocycles. The average Bonchev–Trinajstić information content (AvgIpc) is 2.03. The molecule has 1 fully saturated rings. The first-order valence-electron chi connectivity index (χ1n) is 4.36. The minimum atomic E-state index is 0.309. The van der Waals surface area contributed by atoms with Gasteiger partial charge >= 0.3 is 0 Å². The number of carbonyl (C=O) groups is 1. The van der Waals surface area contributed by atoms with Crippen LogP contribution in [-0.2, 0) is 9.53 Å². The molecule has 0 heterocycles. The van der Waals surface area contributed by atoms with Crippen LogP contribution in [0.25, 0.3) is 0 Å². The fourth-order valence-electron chi connectivity index (χ4n) is 1.62. The number of hydrogen-bond acceptors (Lipinski definition) is 2. The van der Waals surface area contributed by atoms with Crippen LogP contribution in [0.2, 0.25) is 0 Å². The van der Waals surface area contributed by atoms with Gasteiger partial charge in [-0.1, -0.05) is 6.42 Å². The Bertz CT molecular complexity index is 132. The van der Waals surface area contributed by atoms with Gasteiger partial charge in [-0.3, -0.25) is 4.79 Å². The van der Waals surface area contributed by atoms with Gasteiger partial charge in [0.05, 0.1) is 0 Å². The lowest BCUT2D eigenvalue weighted by Gasteiger charge is -2.19. The van der Waals surface area contributed by atoms with E-state index in [1.807, 2.05) is 0 Å². The summed E-state index contributed by atoms with van der Waals surface area (Å²) in [4.78, 5) is 11.2. The second-order valence-corrected chi connectivity index (χ2v) is 3.19. The van der Waals surface area contributed by atoms with Crippen molar-refractivity contribution in [3.63, 3.8) is 0 Å². The highest BCUT2D eigenvalue weighted by atomic mass is 16.5. The van der Waals surface area contributed by atoms with Crippen molar-refractivity contribution in [3.05, 3.63) is 0 Å². The smallest absolute Gasteiger partial charge is 0.136 e. The predicted molar refractivity (Wildman–Crippen MR) is 43.5 cm³/mol. The van der Waals surface area contributed by atoms with Crippen LogP contribution in [0, 0.1) is 5.92 Å². The van der Waals surface area contributed by atoms with Crippen LogP contribution < -0.4 is 0 Å². The van der Waals surface area contributed by atoms with E-state index in [-0.39, 0.29) is 0 Å². The molecule has 1 saturated carbocycles. The largest absolute Gasteiger partial charge is 0.385 e. The Morgan fingerprint density at radius 2 is 2.36 bits per heavy atom. The monoisotopic (exact) mass is 156 g/mol. The van der Waals surface area contributed by atoms with E-state index in [1.165, 1.54) is 6.42 Å². The van der Waals surface area contributed by atoms with Gasteiger partial charge < -0.3 is 4.74 Å². The minimum absolute atomic E-state index is 0.309. The summed E-state index contributed by atoms with van der Waals surface area (Å²) in [5.74, 6) is 0.761. The highest BCUT2D eigenvalue weighted by molar-refractivity contribution is 5.81. The summed E-state index contributed by atoms with van der Waals surface area (Å²) < 4.78 is 4.94. The van der Waals surface area contributed by atoms with E-state index in [1.54, 1.807) is 7.11 Å². The second kappa shape index (κ2) is 4.50. The number of ketones is 1. The molecule has 2 heteroatoms. The van der Waals surface area contributed by atoms with Crippen molar-refractivity contribution in [1.82, 2.24) is 0 Å². The first-order chi connectivity index (χ1) is 5.34. The van der Waals surface area contributed by atoms with Crippen LogP contribution in [0.5, 0.6) is 0 Å². The van der Waals surface area contributed by atoms with Crippen molar-refractivity contribution in [2.45, 2.75) is 32.1 Å². The Hall–Kier alpha value is -0.370. The van der Waals surface area contributed by atoms with Gasteiger partial charge in [-0.15, -0.1) is 0 Å². The van der Waals surface area contributed by atoms with E-state index in [0.717, 1.165) is 32.3 Å². The van der Waals surface area contributed by atoms with Crippen LogP contribution in [0.1, 0.15) is 32.1 Å². The van der Waals surface area contributed by atoms with Crippen LogP contribution in [0.4, 0.5) is 0 Å². The van der Waals surface area contributed by atoms with Crippen LogP contribution >= 0.6 is 0 Å². The van der Waals surface area contributed by atoms with Crippen molar-refractivity contribution in [2.24, 2.45) is 5.92 Å². The SMILES string of the molecule is COCCC1CCCCC1=O. The van der Waals surface area contributed by atoms with Gasteiger partial charge in [-0.2, -0.15) is 0 Å². The quantitative estimate of drug-likeness (QED) is 0.622. The molecular formula is C9H16O2. The molecule has 1 unspecified atom stereocenters. The standard InChI is InChI=1S/C9H16O2/c1-11-7-6-8-4-2-3-5-9(8)10/h8H,2-7H2,1H3. The molecule has 1 aliphatic carbocycles. The van der Waals surface area contributed by atoms with Gasteiger partial charge in [0.25, 0.3) is 0 Å². The molecule has 1 aliphatic rings. The summed E-state index contributed by atoms with van der Waals surface area (Å²) in [5.41, 5.74) is 0. The zero-order valence-electron chi connectivity index (χ0n) is 7.14. The first kappa shape index (κ1) is 8.72. The average molecular weight is 156 g/mol. The predicted octanol–water partition coefficient (Wildman–Crippen LogP) is 1.78. The number of Topliss-reactive ketones (excluding diaryl/α,β-unsaturated/α-hetero) is 1. The molecule has 0 aromatic carbocycles. The third kappa shape index (κ3) is 2.62. The lowest BCUT2D eigenvalue weighted by Crippen LogP contribution is -2.20. The summed E-state index contributed by atoms with van der Waals surface area (Å²) >= 11 is 0. The molecule has 0 amide bonds. The normalized spacial score (nSPS) is 25.5. The first-order valence-corrected chi connectivity index (χ1v) is 4.36. The molecule has 2 nitrogen and oxygen atoms in total. The molecule has 0 N–H and O–H groups in total. The van der Waals surface area contributed by atoms with Crippen molar-refractivity contribution < 1.29 is 9.53 Å². The summed E-state index contributed by atoms with van der Waals surface area (Å²) in [7, 11) is 1.69. The Morgan fingerprint density at radius 1 is 1.55 bits per heavy atom. The summed E-state index contributed by atoms with van der Waals surface area (Å²) in [5, 5.41) is 0. The van der Waals surface area contributed by atoms with Gasteiger partial charge in [0.15, 0.2) is 0 Å². The Labute approximate surface area is 67.9 Å². The maximum Gasteiger partial charge on any atom is 0.136 e. The Balaban J connectivity index is 2.24. The molecule has 0 spiro atoms. The van der Waals surface area contributed by atoms with E-state index >= 15 is 0 Å². The van der Waals surface area contributed by atoms with Gasteiger partial charge in [-0.05, 0) is 19.3 Å². The highest BCUT2D eigenvalue weighted by Gasteiger charge is 2.21.